The van der Waals surface area contributed by atoms with E-state index in [0.29, 0.717) is 11.3 Å². The van der Waals surface area contributed by atoms with Crippen molar-refractivity contribution >= 4 is 27.6 Å². The van der Waals surface area contributed by atoms with Crippen molar-refractivity contribution in [3.8, 4) is 0 Å². The molecule has 0 heterocycles. The van der Waals surface area contributed by atoms with Crippen molar-refractivity contribution < 1.29 is 9.90 Å². The van der Waals surface area contributed by atoms with Crippen LogP contribution >= 0.6 is 15.9 Å². The molecule has 0 unspecified atom stereocenters. The van der Waals surface area contributed by atoms with E-state index >= 15 is 0 Å². The molecule has 0 amide bonds. The quantitative estimate of drug-likeness (QED) is 0.887. The first-order valence-corrected chi connectivity index (χ1v) is 5.60. The Balaban J connectivity index is 2.32. The molecule has 0 bridgehead atoms. The van der Waals surface area contributed by atoms with Crippen molar-refractivity contribution in [1.29, 1.82) is 0 Å². The summed E-state index contributed by atoms with van der Waals surface area (Å²) in [5, 5.41) is 12.3. The van der Waals surface area contributed by atoms with Crippen molar-refractivity contribution in [3.05, 3.63) is 28.2 Å². The molecule has 0 radical (unpaired) electrons. The van der Waals surface area contributed by atoms with Crippen LogP contribution in [0, 0.1) is 0 Å². The Labute approximate surface area is 96.6 Å². The number of rotatable bonds is 3. The van der Waals surface area contributed by atoms with Crippen molar-refractivity contribution in [2.45, 2.75) is 25.3 Å². The van der Waals surface area contributed by atoms with Crippen LogP contribution in [0.25, 0.3) is 0 Å². The predicted octanol–water partition coefficient (Wildman–Crippen LogP) is 3.11. The second-order valence-electron chi connectivity index (χ2n) is 4.18. The van der Waals surface area contributed by atoms with Gasteiger partial charge in [-0.3, -0.25) is 0 Å². The summed E-state index contributed by atoms with van der Waals surface area (Å²) < 4.78 is 0.784. The number of carboxylic acid groups (broad SMARTS) is 1. The van der Waals surface area contributed by atoms with Crippen LogP contribution in [-0.4, -0.2) is 16.6 Å². The number of carboxylic acids is 1. The largest absolute Gasteiger partial charge is 0.478 e. The summed E-state index contributed by atoms with van der Waals surface area (Å²) in [6.45, 7) is 2.10. The molecular weight excluding hydrogens is 258 g/mol. The van der Waals surface area contributed by atoms with Gasteiger partial charge in [0.2, 0.25) is 0 Å². The molecule has 0 saturated heterocycles. The van der Waals surface area contributed by atoms with Gasteiger partial charge in [-0.15, -0.1) is 0 Å². The van der Waals surface area contributed by atoms with E-state index in [0.717, 1.165) is 17.3 Å². The van der Waals surface area contributed by atoms with E-state index in [1.165, 1.54) is 0 Å². The summed E-state index contributed by atoms with van der Waals surface area (Å²) in [4.78, 5) is 11.0. The average Bonchev–Trinajstić information content (AvgIpc) is 2.87. The molecule has 0 aromatic heterocycles. The van der Waals surface area contributed by atoms with Crippen LogP contribution in [0.2, 0.25) is 0 Å². The molecule has 1 aromatic carbocycles. The second-order valence-corrected chi connectivity index (χ2v) is 5.10. The van der Waals surface area contributed by atoms with Gasteiger partial charge in [0.1, 0.15) is 0 Å². The van der Waals surface area contributed by atoms with Crippen LogP contribution in [0.4, 0.5) is 5.69 Å². The first-order valence-electron chi connectivity index (χ1n) is 4.81. The van der Waals surface area contributed by atoms with Crippen LogP contribution in [0.15, 0.2) is 22.7 Å². The molecule has 2 N–H and O–H groups in total. The molecule has 1 aromatic rings. The van der Waals surface area contributed by atoms with Crippen LogP contribution < -0.4 is 5.32 Å². The number of anilines is 1. The van der Waals surface area contributed by atoms with Gasteiger partial charge >= 0.3 is 5.97 Å². The lowest BCUT2D eigenvalue weighted by Crippen LogP contribution is -2.18. The number of hydrogen-bond acceptors (Lipinski definition) is 2. The van der Waals surface area contributed by atoms with E-state index in [1.807, 2.05) is 6.07 Å². The molecule has 1 fully saturated rings. The first-order chi connectivity index (χ1) is 7.00. The van der Waals surface area contributed by atoms with Crippen LogP contribution in [0.5, 0.6) is 0 Å². The van der Waals surface area contributed by atoms with Gasteiger partial charge in [0.05, 0.1) is 5.56 Å². The minimum Gasteiger partial charge on any atom is -0.478 e. The van der Waals surface area contributed by atoms with Gasteiger partial charge < -0.3 is 10.4 Å². The Hall–Kier alpha value is -1.03. The molecular formula is C11H12BrNO2. The Morgan fingerprint density at radius 3 is 2.73 bits per heavy atom. The van der Waals surface area contributed by atoms with E-state index < -0.39 is 5.97 Å². The minimum absolute atomic E-state index is 0.0953. The maximum Gasteiger partial charge on any atom is 0.337 e. The van der Waals surface area contributed by atoms with Gasteiger partial charge in [-0.1, -0.05) is 15.9 Å². The maximum absolute atomic E-state index is 11.0. The molecule has 0 spiro atoms. The van der Waals surface area contributed by atoms with E-state index in [2.05, 4.69) is 28.2 Å². The summed E-state index contributed by atoms with van der Waals surface area (Å²) in [6, 6.07) is 5.27. The van der Waals surface area contributed by atoms with E-state index in [1.54, 1.807) is 12.1 Å². The molecule has 15 heavy (non-hydrogen) atoms. The first kappa shape index (κ1) is 10.5. The second kappa shape index (κ2) is 3.52. The molecule has 4 heteroatoms. The van der Waals surface area contributed by atoms with Gasteiger partial charge in [0.15, 0.2) is 0 Å². The van der Waals surface area contributed by atoms with Gasteiger partial charge in [-0.2, -0.15) is 0 Å². The zero-order chi connectivity index (χ0) is 11.1. The van der Waals surface area contributed by atoms with Gasteiger partial charge in [-0.25, -0.2) is 4.79 Å². The Kier molecular flexibility index (Phi) is 2.46. The standard InChI is InChI=1S/C11H12BrNO2/c1-11(4-5-11)13-9-3-2-7(12)6-8(9)10(14)15/h2-3,6,13H,4-5H2,1H3,(H,14,15). The zero-order valence-corrected chi connectivity index (χ0v) is 9.97. The summed E-state index contributed by atoms with van der Waals surface area (Å²) in [5.41, 5.74) is 1.11. The Morgan fingerprint density at radius 2 is 2.20 bits per heavy atom. The number of hydrogen-bond donors (Lipinski definition) is 2. The summed E-state index contributed by atoms with van der Waals surface area (Å²) in [5.74, 6) is -0.900. The van der Waals surface area contributed by atoms with Crippen LogP contribution in [0.3, 0.4) is 0 Å². The Bertz CT molecular complexity index is 413. The molecule has 1 saturated carbocycles. The smallest absolute Gasteiger partial charge is 0.337 e. The number of nitrogens with one attached hydrogen (secondary N) is 1. The highest BCUT2D eigenvalue weighted by Gasteiger charge is 2.37. The lowest BCUT2D eigenvalue weighted by Gasteiger charge is -2.15. The molecule has 0 atom stereocenters. The third-order valence-corrected chi connectivity index (χ3v) is 3.14. The minimum atomic E-state index is -0.900. The van der Waals surface area contributed by atoms with Crippen molar-refractivity contribution in [2.75, 3.05) is 5.32 Å². The fraction of sp³-hybridized carbons (Fsp3) is 0.364. The summed E-state index contributed by atoms with van der Waals surface area (Å²) >= 11 is 3.27. The van der Waals surface area contributed by atoms with Crippen LogP contribution in [0.1, 0.15) is 30.1 Å². The third kappa shape index (κ3) is 2.31. The maximum atomic E-state index is 11.0. The summed E-state index contributed by atoms with van der Waals surface area (Å²) in [7, 11) is 0. The highest BCUT2D eigenvalue weighted by atomic mass is 79.9. The molecule has 3 nitrogen and oxygen atoms in total. The molecule has 2 rings (SSSR count). The monoisotopic (exact) mass is 269 g/mol. The number of halogens is 1. The van der Waals surface area contributed by atoms with E-state index in [4.69, 9.17) is 5.11 Å². The van der Waals surface area contributed by atoms with Gasteiger partial charge in [-0.05, 0) is 38.0 Å². The SMILES string of the molecule is CC1(Nc2ccc(Br)cc2C(=O)O)CC1. The molecule has 80 valence electrons. The third-order valence-electron chi connectivity index (χ3n) is 2.65. The lowest BCUT2D eigenvalue weighted by atomic mass is 10.1. The number of benzene rings is 1. The van der Waals surface area contributed by atoms with Crippen molar-refractivity contribution in [2.24, 2.45) is 0 Å². The molecule has 1 aliphatic carbocycles. The van der Waals surface area contributed by atoms with Crippen molar-refractivity contribution in [1.82, 2.24) is 0 Å². The fourth-order valence-electron chi connectivity index (χ4n) is 1.44. The molecule has 0 aliphatic heterocycles. The van der Waals surface area contributed by atoms with Gasteiger partial charge in [0, 0.05) is 15.7 Å². The van der Waals surface area contributed by atoms with E-state index in [-0.39, 0.29) is 5.54 Å². The number of carbonyl (C=O) groups is 1. The normalized spacial score (nSPS) is 17.2. The predicted molar refractivity (Wildman–Crippen MR) is 62.4 cm³/mol. The lowest BCUT2D eigenvalue weighted by molar-refractivity contribution is 0.0698. The molecule has 1 aliphatic rings. The average molecular weight is 270 g/mol. The topological polar surface area (TPSA) is 49.3 Å². The van der Waals surface area contributed by atoms with Gasteiger partial charge in [0.25, 0.3) is 0 Å². The van der Waals surface area contributed by atoms with E-state index in [9.17, 15) is 4.79 Å². The fourth-order valence-corrected chi connectivity index (χ4v) is 1.80. The summed E-state index contributed by atoms with van der Waals surface area (Å²) in [6.07, 6.45) is 2.20. The zero-order valence-electron chi connectivity index (χ0n) is 8.38. The Morgan fingerprint density at radius 1 is 1.53 bits per heavy atom. The number of aromatic carboxylic acids is 1. The highest BCUT2D eigenvalue weighted by Crippen LogP contribution is 2.39. The highest BCUT2D eigenvalue weighted by molar-refractivity contribution is 9.10. The van der Waals surface area contributed by atoms with Crippen molar-refractivity contribution in [3.63, 3.8) is 0 Å². The van der Waals surface area contributed by atoms with Crippen LogP contribution in [-0.2, 0) is 0 Å².